The maximum Gasteiger partial charge on any atom is 0.343 e. The van der Waals surface area contributed by atoms with Crippen molar-refractivity contribution in [2.24, 2.45) is 0 Å². The predicted octanol–water partition coefficient (Wildman–Crippen LogP) is 4.01. The molecule has 0 aliphatic heterocycles. The van der Waals surface area contributed by atoms with E-state index >= 15 is 0 Å². The molecule has 0 spiro atoms. The third-order valence-electron chi connectivity index (χ3n) is 4.88. The summed E-state index contributed by atoms with van der Waals surface area (Å²) >= 11 is 1.48. The minimum atomic E-state index is -0.431. The van der Waals surface area contributed by atoms with Crippen LogP contribution in [-0.2, 0) is 19.4 Å². The summed E-state index contributed by atoms with van der Waals surface area (Å²) in [6.07, 6.45) is 4.21. The molecule has 3 aromatic rings. The largest absolute Gasteiger partial charge is 0.423 e. The van der Waals surface area contributed by atoms with Gasteiger partial charge in [-0.3, -0.25) is 10.2 Å². The second kappa shape index (κ2) is 7.94. The van der Waals surface area contributed by atoms with Gasteiger partial charge < -0.3 is 9.30 Å². The normalized spacial score (nSPS) is 13.0. The number of fused-ring (bicyclic) bond motifs is 1. The van der Waals surface area contributed by atoms with Crippen LogP contribution in [0.3, 0.4) is 0 Å². The zero-order valence-corrected chi connectivity index (χ0v) is 16.1. The maximum absolute atomic E-state index is 12.7. The molecule has 142 valence electrons. The van der Waals surface area contributed by atoms with Gasteiger partial charge in [-0.25, -0.2) is 4.79 Å². The minimum Gasteiger partial charge on any atom is -0.423 e. The van der Waals surface area contributed by atoms with Crippen molar-refractivity contribution < 1.29 is 14.3 Å². The molecule has 2 aromatic carbocycles. The SMILES string of the molecule is N=c1sc2c(n1CC(=O)c1ccc(OC(=O)c3ccccc3)cc1)CCCC2. The highest BCUT2D eigenvalue weighted by Gasteiger charge is 2.19. The fraction of sp³-hybridized carbons (Fsp3) is 0.227. The highest BCUT2D eigenvalue weighted by atomic mass is 32.1. The number of ketones is 1. The van der Waals surface area contributed by atoms with E-state index in [2.05, 4.69) is 0 Å². The lowest BCUT2D eigenvalue weighted by molar-refractivity contribution is 0.0734. The van der Waals surface area contributed by atoms with Gasteiger partial charge >= 0.3 is 5.97 Å². The number of nitrogens with one attached hydrogen (secondary N) is 1. The lowest BCUT2D eigenvalue weighted by Gasteiger charge is -2.14. The fourth-order valence-corrected chi connectivity index (χ4v) is 4.50. The summed E-state index contributed by atoms with van der Waals surface area (Å²) in [5.41, 5.74) is 2.16. The first kappa shape index (κ1) is 18.4. The zero-order valence-electron chi connectivity index (χ0n) is 15.3. The highest BCUT2D eigenvalue weighted by Crippen LogP contribution is 2.24. The van der Waals surface area contributed by atoms with Crippen LogP contribution in [0.5, 0.6) is 5.75 Å². The number of benzene rings is 2. The van der Waals surface area contributed by atoms with Gasteiger partial charge in [-0.05, 0) is 62.1 Å². The van der Waals surface area contributed by atoms with Crippen molar-refractivity contribution in [3.8, 4) is 5.75 Å². The lowest BCUT2D eigenvalue weighted by atomic mass is 10.0. The van der Waals surface area contributed by atoms with Crippen LogP contribution < -0.4 is 9.54 Å². The van der Waals surface area contributed by atoms with E-state index in [-0.39, 0.29) is 12.3 Å². The Bertz CT molecular complexity index is 1070. The number of hydrogen-bond donors (Lipinski definition) is 1. The van der Waals surface area contributed by atoms with Crippen molar-refractivity contribution in [2.45, 2.75) is 32.2 Å². The molecule has 1 aromatic heterocycles. The van der Waals surface area contributed by atoms with Gasteiger partial charge in [0.25, 0.3) is 0 Å². The van der Waals surface area contributed by atoms with E-state index in [1.807, 2.05) is 10.6 Å². The second-order valence-corrected chi connectivity index (χ2v) is 7.86. The summed E-state index contributed by atoms with van der Waals surface area (Å²) in [4.78, 5) is 26.5. The highest BCUT2D eigenvalue weighted by molar-refractivity contribution is 7.09. The monoisotopic (exact) mass is 392 g/mol. The Morgan fingerprint density at radius 1 is 0.964 bits per heavy atom. The summed E-state index contributed by atoms with van der Waals surface area (Å²) in [6.45, 7) is 0.174. The van der Waals surface area contributed by atoms with E-state index in [0.29, 0.717) is 21.7 Å². The average molecular weight is 392 g/mol. The number of hydrogen-bond acceptors (Lipinski definition) is 5. The lowest BCUT2D eigenvalue weighted by Crippen LogP contribution is -2.22. The van der Waals surface area contributed by atoms with Crippen molar-refractivity contribution >= 4 is 23.1 Å². The molecule has 0 bridgehead atoms. The quantitative estimate of drug-likeness (QED) is 0.405. The molecule has 0 saturated heterocycles. The van der Waals surface area contributed by atoms with Crippen LogP contribution in [0.4, 0.5) is 0 Å². The van der Waals surface area contributed by atoms with Gasteiger partial charge in [0, 0.05) is 16.1 Å². The summed E-state index contributed by atoms with van der Waals surface area (Å²) < 4.78 is 7.19. The third-order valence-corrected chi connectivity index (χ3v) is 5.98. The molecule has 5 nitrogen and oxygen atoms in total. The zero-order chi connectivity index (χ0) is 19.5. The van der Waals surface area contributed by atoms with Crippen LogP contribution in [0.15, 0.2) is 54.6 Å². The molecule has 0 fully saturated rings. The number of ether oxygens (including phenoxy) is 1. The van der Waals surface area contributed by atoms with E-state index in [0.717, 1.165) is 31.4 Å². The number of carbonyl (C=O) groups excluding carboxylic acids is 2. The number of thiazole rings is 1. The van der Waals surface area contributed by atoms with Crippen LogP contribution in [0.2, 0.25) is 0 Å². The number of esters is 1. The molecule has 1 aliphatic carbocycles. The van der Waals surface area contributed by atoms with E-state index in [1.165, 1.54) is 16.2 Å². The van der Waals surface area contributed by atoms with Crippen molar-refractivity contribution in [1.82, 2.24) is 4.57 Å². The first-order chi connectivity index (χ1) is 13.6. The van der Waals surface area contributed by atoms with Crippen molar-refractivity contribution in [1.29, 1.82) is 5.41 Å². The molecule has 0 amide bonds. The number of Topliss-reactive ketones (excluding diaryl/α,β-unsaturated/α-hetero) is 1. The summed E-state index contributed by atoms with van der Waals surface area (Å²) in [5, 5.41) is 8.19. The molecule has 0 radical (unpaired) electrons. The summed E-state index contributed by atoms with van der Waals surface area (Å²) in [5.74, 6) is -0.0864. The maximum atomic E-state index is 12.7. The molecular formula is C22H20N2O3S. The number of aromatic nitrogens is 1. The van der Waals surface area contributed by atoms with Gasteiger partial charge in [0.1, 0.15) is 5.75 Å². The topological polar surface area (TPSA) is 72.2 Å². The molecule has 1 heterocycles. The van der Waals surface area contributed by atoms with Gasteiger partial charge in [0.15, 0.2) is 10.6 Å². The number of nitrogens with zero attached hydrogens (tertiary/aromatic N) is 1. The molecule has 0 atom stereocenters. The Morgan fingerprint density at radius 2 is 1.68 bits per heavy atom. The Balaban J connectivity index is 1.46. The van der Waals surface area contributed by atoms with Gasteiger partial charge in [-0.1, -0.05) is 18.2 Å². The average Bonchev–Trinajstić information content (AvgIpc) is 3.04. The molecule has 4 rings (SSSR count). The molecule has 1 aliphatic rings. The van der Waals surface area contributed by atoms with E-state index in [9.17, 15) is 9.59 Å². The molecule has 6 heteroatoms. The Kier molecular flexibility index (Phi) is 5.21. The predicted molar refractivity (Wildman–Crippen MR) is 107 cm³/mol. The Morgan fingerprint density at radius 3 is 2.43 bits per heavy atom. The van der Waals surface area contributed by atoms with Crippen molar-refractivity contribution in [3.05, 3.63) is 81.1 Å². The van der Waals surface area contributed by atoms with Crippen LogP contribution in [-0.4, -0.2) is 16.3 Å². The Labute approximate surface area is 166 Å². The van der Waals surface area contributed by atoms with Gasteiger partial charge in [0.05, 0.1) is 12.1 Å². The fourth-order valence-electron chi connectivity index (χ4n) is 3.40. The summed E-state index contributed by atoms with van der Waals surface area (Å²) in [6, 6.07) is 15.4. The molecule has 28 heavy (non-hydrogen) atoms. The second-order valence-electron chi connectivity index (χ2n) is 6.77. The first-order valence-electron chi connectivity index (χ1n) is 9.28. The van der Waals surface area contributed by atoms with Gasteiger partial charge in [-0.2, -0.15) is 0 Å². The molecule has 1 N–H and O–H groups in total. The smallest absolute Gasteiger partial charge is 0.343 e. The van der Waals surface area contributed by atoms with E-state index in [4.69, 9.17) is 10.1 Å². The van der Waals surface area contributed by atoms with Crippen LogP contribution in [0.1, 0.15) is 44.1 Å². The van der Waals surface area contributed by atoms with Crippen molar-refractivity contribution in [2.75, 3.05) is 0 Å². The number of carbonyl (C=O) groups is 2. The Hall–Kier alpha value is -2.99. The van der Waals surface area contributed by atoms with Crippen LogP contribution >= 0.6 is 11.3 Å². The summed E-state index contributed by atoms with van der Waals surface area (Å²) in [7, 11) is 0. The standard InChI is InChI=1S/C22H20N2O3S/c23-22-24(18-8-4-5-9-20(18)28-22)14-19(25)15-10-12-17(13-11-15)27-21(26)16-6-2-1-3-7-16/h1-3,6-7,10-13,23H,4-5,8-9,14H2. The van der Waals surface area contributed by atoms with E-state index < -0.39 is 5.97 Å². The van der Waals surface area contributed by atoms with Crippen molar-refractivity contribution in [3.63, 3.8) is 0 Å². The molecular weight excluding hydrogens is 372 g/mol. The number of aryl methyl sites for hydroxylation is 1. The minimum absolute atomic E-state index is 0.0504. The third kappa shape index (κ3) is 3.82. The van der Waals surface area contributed by atoms with Gasteiger partial charge in [-0.15, -0.1) is 11.3 Å². The van der Waals surface area contributed by atoms with Crippen LogP contribution in [0.25, 0.3) is 0 Å². The first-order valence-corrected chi connectivity index (χ1v) is 10.1. The molecule has 0 unspecified atom stereocenters. The van der Waals surface area contributed by atoms with Crippen LogP contribution in [0, 0.1) is 5.41 Å². The van der Waals surface area contributed by atoms with E-state index in [1.54, 1.807) is 48.5 Å². The molecule has 0 saturated carbocycles. The van der Waals surface area contributed by atoms with Gasteiger partial charge in [0.2, 0.25) is 0 Å². The number of rotatable bonds is 5.